The Morgan fingerprint density at radius 3 is 2.69 bits per heavy atom. The third kappa shape index (κ3) is 3.86. The number of esters is 1. The van der Waals surface area contributed by atoms with Gasteiger partial charge in [0.15, 0.2) is 6.10 Å². The van der Waals surface area contributed by atoms with Crippen molar-refractivity contribution in [3.63, 3.8) is 0 Å². The molecule has 0 saturated carbocycles. The normalized spacial score (nSPS) is 21.6. The fraction of sp³-hybridized carbons (Fsp3) is 0.526. The van der Waals surface area contributed by atoms with Gasteiger partial charge in [-0.25, -0.2) is 4.39 Å². The van der Waals surface area contributed by atoms with E-state index in [-0.39, 0.29) is 23.9 Å². The molecule has 3 rings (SSSR count). The summed E-state index contributed by atoms with van der Waals surface area (Å²) in [4.78, 5) is 38.6. The molecular weight excluding hydrogens is 339 g/mol. The topological polar surface area (TPSA) is 75.7 Å². The number of carbonyl (C=O) groups excluding carboxylic acids is 3. The molecule has 0 spiro atoms. The van der Waals surface area contributed by atoms with Crippen molar-refractivity contribution in [2.24, 2.45) is 5.92 Å². The Kier molecular flexibility index (Phi) is 5.25. The standard InChI is InChI=1S/C19H23FN2O4/c1-11-5-7-22(8-6-11)18(24)12(2)26-19(25)15-10-17(23)21-16-9-13(20)3-4-14(15)16/h3-4,9,11-12,15H,5-8,10H2,1-2H3,(H,21,23)/t12-,15+/m0/s1. The van der Waals surface area contributed by atoms with Gasteiger partial charge in [-0.3, -0.25) is 14.4 Å². The summed E-state index contributed by atoms with van der Waals surface area (Å²) >= 11 is 0. The SMILES string of the molecule is CC1CCN(C(=O)[C@H](C)OC(=O)[C@@H]2CC(=O)Nc3cc(F)ccc32)CC1. The van der Waals surface area contributed by atoms with Crippen molar-refractivity contribution in [3.05, 3.63) is 29.6 Å². The van der Waals surface area contributed by atoms with Crippen molar-refractivity contribution >= 4 is 23.5 Å². The number of rotatable bonds is 3. The molecule has 2 aliphatic rings. The average Bonchev–Trinajstić information content (AvgIpc) is 2.60. The summed E-state index contributed by atoms with van der Waals surface area (Å²) in [5.74, 6) is -1.98. The summed E-state index contributed by atoms with van der Waals surface area (Å²) in [6.07, 6.45) is 0.881. The number of nitrogens with one attached hydrogen (secondary N) is 1. The minimum Gasteiger partial charge on any atom is -0.452 e. The highest BCUT2D eigenvalue weighted by molar-refractivity contribution is 6.00. The largest absolute Gasteiger partial charge is 0.452 e. The number of piperidine rings is 1. The van der Waals surface area contributed by atoms with E-state index in [9.17, 15) is 18.8 Å². The Labute approximate surface area is 151 Å². The molecule has 1 saturated heterocycles. The molecule has 140 valence electrons. The Bertz CT molecular complexity index is 728. The molecule has 0 unspecified atom stereocenters. The van der Waals surface area contributed by atoms with Crippen LogP contribution in [0.1, 0.15) is 44.6 Å². The molecule has 0 aromatic heterocycles. The molecule has 1 fully saturated rings. The molecule has 0 bridgehead atoms. The molecule has 0 radical (unpaired) electrons. The van der Waals surface area contributed by atoms with Gasteiger partial charge in [-0.1, -0.05) is 13.0 Å². The molecule has 2 atom stereocenters. The van der Waals surface area contributed by atoms with E-state index in [4.69, 9.17) is 4.74 Å². The van der Waals surface area contributed by atoms with E-state index < -0.39 is 23.8 Å². The summed E-state index contributed by atoms with van der Waals surface area (Å²) in [5.41, 5.74) is 0.773. The number of hydrogen-bond acceptors (Lipinski definition) is 4. The van der Waals surface area contributed by atoms with E-state index in [0.717, 1.165) is 12.8 Å². The number of carbonyl (C=O) groups is 3. The molecule has 1 N–H and O–H groups in total. The maximum absolute atomic E-state index is 13.4. The van der Waals surface area contributed by atoms with Crippen LogP contribution >= 0.6 is 0 Å². The molecule has 6 nitrogen and oxygen atoms in total. The number of nitrogens with zero attached hydrogens (tertiary/aromatic N) is 1. The number of likely N-dealkylation sites (tertiary alicyclic amines) is 1. The number of anilines is 1. The predicted octanol–water partition coefficient (Wildman–Crippen LogP) is 2.44. The van der Waals surface area contributed by atoms with E-state index in [1.165, 1.54) is 18.2 Å². The van der Waals surface area contributed by atoms with E-state index in [1.807, 2.05) is 0 Å². The van der Waals surface area contributed by atoms with Crippen LogP contribution in [0.15, 0.2) is 18.2 Å². The van der Waals surface area contributed by atoms with Gasteiger partial charge in [-0.2, -0.15) is 0 Å². The van der Waals surface area contributed by atoms with Crippen molar-refractivity contribution in [1.82, 2.24) is 4.90 Å². The second kappa shape index (κ2) is 7.43. The summed E-state index contributed by atoms with van der Waals surface area (Å²) in [7, 11) is 0. The van der Waals surface area contributed by atoms with E-state index in [2.05, 4.69) is 12.2 Å². The number of fused-ring (bicyclic) bond motifs is 1. The van der Waals surface area contributed by atoms with E-state index >= 15 is 0 Å². The number of hydrogen-bond donors (Lipinski definition) is 1. The monoisotopic (exact) mass is 362 g/mol. The van der Waals surface area contributed by atoms with Crippen molar-refractivity contribution in [1.29, 1.82) is 0 Å². The van der Waals surface area contributed by atoms with Gasteiger partial charge in [0.1, 0.15) is 5.82 Å². The van der Waals surface area contributed by atoms with Crippen molar-refractivity contribution in [2.45, 2.75) is 45.1 Å². The lowest BCUT2D eigenvalue weighted by atomic mass is 9.90. The van der Waals surface area contributed by atoms with E-state index in [1.54, 1.807) is 11.8 Å². The van der Waals surface area contributed by atoms with Crippen LogP contribution in [0.5, 0.6) is 0 Å². The molecular formula is C19H23FN2O4. The lowest BCUT2D eigenvalue weighted by Gasteiger charge is -2.32. The fourth-order valence-electron chi connectivity index (χ4n) is 3.44. The Morgan fingerprint density at radius 1 is 1.31 bits per heavy atom. The maximum atomic E-state index is 13.4. The molecule has 2 aliphatic heterocycles. The number of halogens is 1. The Balaban J connectivity index is 1.68. The van der Waals surface area contributed by atoms with Gasteiger partial charge in [0.05, 0.1) is 5.92 Å². The highest BCUT2D eigenvalue weighted by Crippen LogP contribution is 2.34. The van der Waals surface area contributed by atoms with Crippen LogP contribution < -0.4 is 5.32 Å². The summed E-state index contributed by atoms with van der Waals surface area (Å²) < 4.78 is 18.7. The molecule has 1 aromatic carbocycles. The van der Waals surface area contributed by atoms with Crippen LogP contribution in [0.3, 0.4) is 0 Å². The quantitative estimate of drug-likeness (QED) is 0.838. The van der Waals surface area contributed by atoms with Gasteiger partial charge in [0, 0.05) is 25.2 Å². The zero-order valence-corrected chi connectivity index (χ0v) is 15.0. The highest BCUT2D eigenvalue weighted by Gasteiger charge is 2.35. The smallest absolute Gasteiger partial charge is 0.314 e. The maximum Gasteiger partial charge on any atom is 0.314 e. The van der Waals surface area contributed by atoms with Crippen molar-refractivity contribution < 1.29 is 23.5 Å². The van der Waals surface area contributed by atoms with Gasteiger partial charge in [0.25, 0.3) is 5.91 Å². The highest BCUT2D eigenvalue weighted by atomic mass is 19.1. The zero-order chi connectivity index (χ0) is 18.8. The summed E-state index contributed by atoms with van der Waals surface area (Å²) in [5, 5.41) is 2.56. The molecule has 7 heteroatoms. The van der Waals surface area contributed by atoms with Gasteiger partial charge < -0.3 is 15.0 Å². The third-order valence-electron chi connectivity index (χ3n) is 5.07. The van der Waals surface area contributed by atoms with Gasteiger partial charge in [0.2, 0.25) is 5.91 Å². The van der Waals surface area contributed by atoms with Crippen LogP contribution in [0.2, 0.25) is 0 Å². The summed E-state index contributed by atoms with van der Waals surface area (Å²) in [6.45, 7) is 5.03. The fourth-order valence-corrected chi connectivity index (χ4v) is 3.44. The number of ether oxygens (including phenoxy) is 1. The second-order valence-corrected chi connectivity index (χ2v) is 7.12. The van der Waals surface area contributed by atoms with Crippen LogP contribution in [-0.2, 0) is 19.1 Å². The first kappa shape index (κ1) is 18.4. The van der Waals surface area contributed by atoms with Crippen LogP contribution in [0, 0.1) is 11.7 Å². The van der Waals surface area contributed by atoms with Crippen molar-refractivity contribution in [2.75, 3.05) is 18.4 Å². The minimum atomic E-state index is -0.912. The molecule has 2 heterocycles. The van der Waals surface area contributed by atoms with Crippen LogP contribution in [0.25, 0.3) is 0 Å². The first-order valence-electron chi connectivity index (χ1n) is 8.93. The minimum absolute atomic E-state index is 0.0837. The lowest BCUT2D eigenvalue weighted by Crippen LogP contribution is -2.44. The Morgan fingerprint density at radius 2 is 2.00 bits per heavy atom. The first-order chi connectivity index (χ1) is 12.3. The van der Waals surface area contributed by atoms with Gasteiger partial charge in [-0.05, 0) is 43.4 Å². The second-order valence-electron chi connectivity index (χ2n) is 7.12. The van der Waals surface area contributed by atoms with Gasteiger partial charge in [-0.15, -0.1) is 0 Å². The lowest BCUT2D eigenvalue weighted by molar-refractivity contribution is -0.161. The molecule has 1 aromatic rings. The zero-order valence-electron chi connectivity index (χ0n) is 15.0. The van der Waals surface area contributed by atoms with Crippen LogP contribution in [-0.4, -0.2) is 41.9 Å². The average molecular weight is 362 g/mol. The van der Waals surface area contributed by atoms with E-state index in [0.29, 0.717) is 24.6 Å². The number of benzene rings is 1. The Hall–Kier alpha value is -2.44. The molecule has 26 heavy (non-hydrogen) atoms. The number of amides is 2. The summed E-state index contributed by atoms with van der Waals surface area (Å²) in [6, 6.07) is 3.88. The van der Waals surface area contributed by atoms with Gasteiger partial charge >= 0.3 is 5.97 Å². The van der Waals surface area contributed by atoms with Crippen molar-refractivity contribution in [3.8, 4) is 0 Å². The predicted molar refractivity (Wildman–Crippen MR) is 92.9 cm³/mol. The molecule has 2 amide bonds. The van der Waals surface area contributed by atoms with Crippen LogP contribution in [0.4, 0.5) is 10.1 Å². The first-order valence-corrected chi connectivity index (χ1v) is 8.93. The molecule has 0 aliphatic carbocycles. The third-order valence-corrected chi connectivity index (χ3v) is 5.07.